The summed E-state index contributed by atoms with van der Waals surface area (Å²) in [7, 11) is 0. The van der Waals surface area contributed by atoms with E-state index in [9.17, 15) is 4.79 Å². The van der Waals surface area contributed by atoms with Crippen LogP contribution in [0.5, 0.6) is 0 Å². The first-order chi connectivity index (χ1) is 8.98. The minimum Gasteiger partial charge on any atom is -0.348 e. The third-order valence-corrected chi connectivity index (χ3v) is 3.99. The molecule has 0 bridgehead atoms. The van der Waals surface area contributed by atoms with E-state index in [-0.39, 0.29) is 17.4 Å². The van der Waals surface area contributed by atoms with E-state index in [4.69, 9.17) is 0 Å². The van der Waals surface area contributed by atoms with Crippen molar-refractivity contribution in [1.29, 1.82) is 0 Å². The Labute approximate surface area is 115 Å². The zero-order valence-electron chi connectivity index (χ0n) is 12.0. The fourth-order valence-electron chi connectivity index (χ4n) is 3.00. The number of amides is 1. The van der Waals surface area contributed by atoms with Gasteiger partial charge in [-0.25, -0.2) is 4.98 Å². The van der Waals surface area contributed by atoms with Crippen molar-refractivity contribution in [3.05, 3.63) is 24.3 Å². The van der Waals surface area contributed by atoms with Gasteiger partial charge in [0, 0.05) is 18.4 Å². The highest BCUT2D eigenvalue weighted by Crippen LogP contribution is 2.38. The molecule has 1 aromatic rings. The van der Waals surface area contributed by atoms with Gasteiger partial charge < -0.3 is 5.32 Å². The molecule has 0 aliphatic heterocycles. The number of aromatic nitrogens is 2. The smallest absolute Gasteiger partial charge is 0.271 e. The molecular weight excluding hydrogens is 238 g/mol. The van der Waals surface area contributed by atoms with Crippen LogP contribution in [0, 0.1) is 11.3 Å². The summed E-state index contributed by atoms with van der Waals surface area (Å²) in [4.78, 5) is 20.2. The largest absolute Gasteiger partial charge is 0.348 e. The number of rotatable bonds is 2. The number of nitrogens with one attached hydrogen (secondary N) is 1. The van der Waals surface area contributed by atoms with Crippen LogP contribution in [-0.2, 0) is 0 Å². The first-order valence-corrected chi connectivity index (χ1v) is 7.05. The summed E-state index contributed by atoms with van der Waals surface area (Å²) >= 11 is 0. The third kappa shape index (κ3) is 3.52. The molecule has 1 heterocycles. The average Bonchev–Trinajstić information content (AvgIpc) is 2.39. The average molecular weight is 261 g/mol. The molecule has 1 aliphatic rings. The quantitative estimate of drug-likeness (QED) is 0.890. The van der Waals surface area contributed by atoms with Crippen LogP contribution in [0.3, 0.4) is 0 Å². The third-order valence-electron chi connectivity index (χ3n) is 3.99. The molecule has 2 rings (SSSR count). The van der Waals surface area contributed by atoms with Gasteiger partial charge in [-0.1, -0.05) is 33.6 Å². The SMILES string of the molecule is CC(C)(C)[C@@H]1CCCC[C@H]1NC(=O)c1cnccn1. The molecule has 1 fully saturated rings. The van der Waals surface area contributed by atoms with Gasteiger partial charge in [0.1, 0.15) is 5.69 Å². The van der Waals surface area contributed by atoms with Gasteiger partial charge >= 0.3 is 0 Å². The topological polar surface area (TPSA) is 54.9 Å². The second-order valence-electron chi connectivity index (χ2n) is 6.43. The van der Waals surface area contributed by atoms with E-state index < -0.39 is 0 Å². The number of hydrogen-bond acceptors (Lipinski definition) is 3. The molecule has 0 saturated heterocycles. The first-order valence-electron chi connectivity index (χ1n) is 7.05. The second kappa shape index (κ2) is 5.68. The van der Waals surface area contributed by atoms with Crippen LogP contribution in [0.1, 0.15) is 56.9 Å². The highest BCUT2D eigenvalue weighted by molar-refractivity contribution is 5.92. The maximum atomic E-state index is 12.2. The van der Waals surface area contributed by atoms with E-state index in [2.05, 4.69) is 36.1 Å². The minimum atomic E-state index is -0.103. The van der Waals surface area contributed by atoms with Crippen LogP contribution < -0.4 is 5.32 Å². The van der Waals surface area contributed by atoms with Crippen LogP contribution in [-0.4, -0.2) is 21.9 Å². The molecular formula is C15H23N3O. The number of hydrogen-bond donors (Lipinski definition) is 1. The minimum absolute atomic E-state index is 0.103. The summed E-state index contributed by atoms with van der Waals surface area (Å²) in [6, 6.07) is 0.253. The summed E-state index contributed by atoms with van der Waals surface area (Å²) in [5.74, 6) is 0.427. The zero-order chi connectivity index (χ0) is 13.9. The summed E-state index contributed by atoms with van der Waals surface area (Å²) in [6.07, 6.45) is 9.36. The van der Waals surface area contributed by atoms with E-state index in [1.807, 2.05) is 0 Å². The molecule has 0 unspecified atom stereocenters. The summed E-state index contributed by atoms with van der Waals surface area (Å²) in [6.45, 7) is 6.76. The van der Waals surface area contributed by atoms with E-state index in [0.29, 0.717) is 11.6 Å². The van der Waals surface area contributed by atoms with Crippen molar-refractivity contribution < 1.29 is 4.79 Å². The summed E-state index contributed by atoms with van der Waals surface area (Å²) in [5, 5.41) is 3.15. The maximum Gasteiger partial charge on any atom is 0.271 e. The number of nitrogens with zero attached hydrogens (tertiary/aromatic N) is 2. The van der Waals surface area contributed by atoms with E-state index in [0.717, 1.165) is 6.42 Å². The Balaban J connectivity index is 2.06. The van der Waals surface area contributed by atoms with Gasteiger partial charge in [-0.3, -0.25) is 9.78 Å². The van der Waals surface area contributed by atoms with E-state index in [1.165, 1.54) is 25.5 Å². The number of carbonyl (C=O) groups is 1. The standard InChI is InChI=1S/C15H23N3O/c1-15(2,3)11-6-4-5-7-12(11)18-14(19)13-10-16-8-9-17-13/h8-12H,4-7H2,1-3H3,(H,18,19)/t11-,12-/m1/s1. The van der Waals surface area contributed by atoms with Crippen molar-refractivity contribution in [3.8, 4) is 0 Å². The molecule has 0 aromatic carbocycles. The van der Waals surface area contributed by atoms with E-state index >= 15 is 0 Å². The lowest BCUT2D eigenvalue weighted by Gasteiger charge is -2.40. The molecule has 1 N–H and O–H groups in total. The highest BCUT2D eigenvalue weighted by Gasteiger charge is 2.35. The fourth-order valence-corrected chi connectivity index (χ4v) is 3.00. The summed E-state index contributed by atoms with van der Waals surface area (Å²) < 4.78 is 0. The van der Waals surface area contributed by atoms with Crippen LogP contribution in [0.15, 0.2) is 18.6 Å². The van der Waals surface area contributed by atoms with Gasteiger partial charge in [-0.15, -0.1) is 0 Å². The van der Waals surface area contributed by atoms with Gasteiger partial charge in [0.25, 0.3) is 5.91 Å². The van der Waals surface area contributed by atoms with Crippen LogP contribution in [0.25, 0.3) is 0 Å². The van der Waals surface area contributed by atoms with Gasteiger partial charge in [-0.2, -0.15) is 0 Å². The van der Waals surface area contributed by atoms with Crippen molar-refractivity contribution in [2.24, 2.45) is 11.3 Å². The monoisotopic (exact) mass is 261 g/mol. The van der Waals surface area contributed by atoms with Gasteiger partial charge in [0.2, 0.25) is 0 Å². The van der Waals surface area contributed by atoms with Crippen molar-refractivity contribution in [2.75, 3.05) is 0 Å². The Morgan fingerprint density at radius 3 is 2.63 bits per heavy atom. The molecule has 4 nitrogen and oxygen atoms in total. The lowest BCUT2D eigenvalue weighted by molar-refractivity contribution is 0.0825. The molecule has 1 aliphatic carbocycles. The molecule has 4 heteroatoms. The van der Waals surface area contributed by atoms with Gasteiger partial charge in [0.05, 0.1) is 6.20 Å². The molecule has 2 atom stereocenters. The fraction of sp³-hybridized carbons (Fsp3) is 0.667. The van der Waals surface area contributed by atoms with Gasteiger partial charge in [-0.05, 0) is 24.2 Å². The van der Waals surface area contributed by atoms with Crippen molar-refractivity contribution >= 4 is 5.91 Å². The highest BCUT2D eigenvalue weighted by atomic mass is 16.1. The predicted molar refractivity (Wildman–Crippen MR) is 74.7 cm³/mol. The van der Waals surface area contributed by atoms with Crippen LogP contribution in [0.2, 0.25) is 0 Å². The number of carbonyl (C=O) groups excluding carboxylic acids is 1. The first kappa shape index (κ1) is 14.0. The Hall–Kier alpha value is -1.45. The zero-order valence-corrected chi connectivity index (χ0v) is 12.0. The lowest BCUT2D eigenvalue weighted by Crippen LogP contribution is -2.46. The van der Waals surface area contributed by atoms with Crippen LogP contribution >= 0.6 is 0 Å². The van der Waals surface area contributed by atoms with Crippen molar-refractivity contribution in [3.63, 3.8) is 0 Å². The summed E-state index contributed by atoms with van der Waals surface area (Å²) in [5.41, 5.74) is 0.626. The molecule has 19 heavy (non-hydrogen) atoms. The van der Waals surface area contributed by atoms with E-state index in [1.54, 1.807) is 12.4 Å². The van der Waals surface area contributed by atoms with Crippen molar-refractivity contribution in [2.45, 2.75) is 52.5 Å². The van der Waals surface area contributed by atoms with Crippen LogP contribution in [0.4, 0.5) is 0 Å². The normalized spacial score (nSPS) is 23.9. The Morgan fingerprint density at radius 1 is 1.26 bits per heavy atom. The molecule has 1 aromatic heterocycles. The molecule has 1 saturated carbocycles. The molecule has 0 spiro atoms. The second-order valence-corrected chi connectivity index (χ2v) is 6.43. The predicted octanol–water partition coefficient (Wildman–Crippen LogP) is 2.81. The maximum absolute atomic E-state index is 12.2. The van der Waals surface area contributed by atoms with Gasteiger partial charge in [0.15, 0.2) is 0 Å². The molecule has 104 valence electrons. The molecule has 0 radical (unpaired) electrons. The Kier molecular flexibility index (Phi) is 4.17. The van der Waals surface area contributed by atoms with Crippen molar-refractivity contribution in [1.82, 2.24) is 15.3 Å². The Morgan fingerprint density at radius 2 is 2.00 bits per heavy atom. The Bertz CT molecular complexity index is 425. The molecule has 1 amide bonds. The lowest BCUT2D eigenvalue weighted by atomic mass is 9.69.